The molecule has 3 nitrogen and oxygen atoms in total. The van der Waals surface area contributed by atoms with Crippen LogP contribution in [-0.4, -0.2) is 25.5 Å². The van der Waals surface area contributed by atoms with Crippen LogP contribution in [-0.2, 0) is 4.79 Å². The van der Waals surface area contributed by atoms with E-state index in [1.165, 1.54) is 6.07 Å². The van der Waals surface area contributed by atoms with Gasteiger partial charge in [0.25, 0.3) is 0 Å². The van der Waals surface area contributed by atoms with E-state index < -0.39 is 11.6 Å². The largest absolute Gasteiger partial charge is 0.356 e. The van der Waals surface area contributed by atoms with Gasteiger partial charge in [0.15, 0.2) is 0 Å². The van der Waals surface area contributed by atoms with E-state index >= 15 is 0 Å². The summed E-state index contributed by atoms with van der Waals surface area (Å²) in [7, 11) is 0. The number of hydrogen-bond acceptors (Lipinski definition) is 2. The van der Waals surface area contributed by atoms with Crippen molar-refractivity contribution < 1.29 is 13.6 Å². The fraction of sp³-hybridized carbons (Fsp3) is 0.562. The van der Waals surface area contributed by atoms with Gasteiger partial charge in [-0.1, -0.05) is 0 Å². The number of carbonyl (C=O) groups excluding carboxylic acids is 1. The molecule has 1 heterocycles. The van der Waals surface area contributed by atoms with Crippen molar-refractivity contribution in [2.24, 2.45) is 11.8 Å². The normalized spacial score (nSPS) is 26.4. The molecule has 2 N–H and O–H groups in total. The summed E-state index contributed by atoms with van der Waals surface area (Å²) in [6.45, 7) is 2.75. The van der Waals surface area contributed by atoms with E-state index in [2.05, 4.69) is 10.6 Å². The molecule has 6 heteroatoms. The Morgan fingerprint density at radius 3 is 2.91 bits per heavy atom. The fourth-order valence-electron chi connectivity index (χ4n) is 3.12. The molecule has 0 bridgehead atoms. The number of hydrogen-bond donors (Lipinski definition) is 2. The highest BCUT2D eigenvalue weighted by molar-refractivity contribution is 5.85. The molecule has 1 amide bonds. The van der Waals surface area contributed by atoms with Crippen molar-refractivity contribution >= 4 is 18.3 Å². The summed E-state index contributed by atoms with van der Waals surface area (Å²) in [6, 6.07) is 3.44. The quantitative estimate of drug-likeness (QED) is 0.871. The highest BCUT2D eigenvalue weighted by Gasteiger charge is 2.45. The fourth-order valence-corrected chi connectivity index (χ4v) is 3.12. The smallest absolute Gasteiger partial charge is 0.223 e. The van der Waals surface area contributed by atoms with Crippen molar-refractivity contribution in [3.8, 4) is 0 Å². The Balaban J connectivity index is 0.00000176. The maximum Gasteiger partial charge on any atom is 0.223 e. The van der Waals surface area contributed by atoms with Gasteiger partial charge in [0, 0.05) is 12.5 Å². The summed E-state index contributed by atoms with van der Waals surface area (Å²) in [4.78, 5) is 12.0. The molecule has 122 valence electrons. The molecule has 1 aromatic rings. The predicted molar refractivity (Wildman–Crippen MR) is 83.1 cm³/mol. The summed E-state index contributed by atoms with van der Waals surface area (Å²) in [5.41, 5.74) is 0.329. The maximum atomic E-state index is 13.6. The molecule has 2 aliphatic rings. The van der Waals surface area contributed by atoms with Gasteiger partial charge in [0.05, 0.1) is 0 Å². The van der Waals surface area contributed by atoms with Crippen LogP contribution in [0.1, 0.15) is 30.7 Å². The first-order valence-electron chi connectivity index (χ1n) is 7.58. The van der Waals surface area contributed by atoms with Crippen molar-refractivity contribution in [2.75, 3.05) is 19.6 Å². The Bertz CT molecular complexity index is 535. The van der Waals surface area contributed by atoms with Gasteiger partial charge in [-0.3, -0.25) is 4.79 Å². The monoisotopic (exact) mass is 330 g/mol. The molecule has 1 saturated carbocycles. The highest BCUT2D eigenvalue weighted by Crippen LogP contribution is 2.48. The third-order valence-electron chi connectivity index (χ3n) is 4.50. The van der Waals surface area contributed by atoms with Crippen LogP contribution in [0.15, 0.2) is 18.2 Å². The van der Waals surface area contributed by atoms with Gasteiger partial charge in [-0.15, -0.1) is 12.4 Å². The Morgan fingerprint density at radius 2 is 2.18 bits per heavy atom. The SMILES string of the molecule is Cl.O=C(NCCC1CCNC1)C1CC1c1cc(F)ccc1F. The average Bonchev–Trinajstić information content (AvgIpc) is 3.10. The number of nitrogens with one attached hydrogen (secondary N) is 2. The van der Waals surface area contributed by atoms with Gasteiger partial charge in [-0.25, -0.2) is 8.78 Å². The van der Waals surface area contributed by atoms with Crippen LogP contribution < -0.4 is 10.6 Å². The molecule has 0 spiro atoms. The van der Waals surface area contributed by atoms with E-state index in [0.29, 0.717) is 24.4 Å². The lowest BCUT2D eigenvalue weighted by molar-refractivity contribution is -0.122. The van der Waals surface area contributed by atoms with Crippen LogP contribution in [0.5, 0.6) is 0 Å². The van der Waals surface area contributed by atoms with Crippen molar-refractivity contribution in [3.63, 3.8) is 0 Å². The lowest BCUT2D eigenvalue weighted by atomic mass is 10.1. The maximum absolute atomic E-state index is 13.6. The number of carbonyl (C=O) groups is 1. The highest BCUT2D eigenvalue weighted by atomic mass is 35.5. The topological polar surface area (TPSA) is 41.1 Å². The van der Waals surface area contributed by atoms with Gasteiger partial charge >= 0.3 is 0 Å². The molecule has 1 aromatic carbocycles. The van der Waals surface area contributed by atoms with Crippen LogP contribution in [0, 0.1) is 23.5 Å². The van der Waals surface area contributed by atoms with E-state index in [1.807, 2.05) is 0 Å². The summed E-state index contributed by atoms with van der Waals surface area (Å²) in [5.74, 6) is -0.646. The van der Waals surface area contributed by atoms with Crippen molar-refractivity contribution in [1.82, 2.24) is 10.6 Å². The summed E-state index contributed by atoms with van der Waals surface area (Å²) < 4.78 is 26.8. The molecule has 0 radical (unpaired) electrons. The van der Waals surface area contributed by atoms with Crippen molar-refractivity contribution in [2.45, 2.75) is 25.2 Å². The number of amides is 1. The standard InChI is InChI=1S/C16H20F2N2O.ClH/c17-11-1-2-15(18)13(7-11)12-8-14(12)16(21)20-6-4-10-3-5-19-9-10;/h1-2,7,10,12,14,19H,3-6,8-9H2,(H,20,21);1H. The van der Waals surface area contributed by atoms with Crippen LogP contribution in [0.3, 0.4) is 0 Å². The molecule has 3 atom stereocenters. The number of halogens is 3. The Kier molecular flexibility index (Phi) is 5.75. The third-order valence-corrected chi connectivity index (χ3v) is 4.50. The summed E-state index contributed by atoms with van der Waals surface area (Å²) >= 11 is 0. The minimum atomic E-state index is -0.453. The van der Waals surface area contributed by atoms with Gasteiger partial charge in [-0.05, 0) is 68.0 Å². The minimum Gasteiger partial charge on any atom is -0.356 e. The van der Waals surface area contributed by atoms with Crippen molar-refractivity contribution in [1.29, 1.82) is 0 Å². The zero-order chi connectivity index (χ0) is 14.8. The Hall–Kier alpha value is -1.20. The zero-order valence-electron chi connectivity index (χ0n) is 12.3. The molecule has 3 unspecified atom stereocenters. The second-order valence-electron chi connectivity index (χ2n) is 6.05. The lowest BCUT2D eigenvalue weighted by Crippen LogP contribution is -2.28. The molecule has 3 rings (SSSR count). The predicted octanol–water partition coefficient (Wildman–Crippen LogP) is 2.61. The number of benzene rings is 1. The Labute approximate surface area is 135 Å². The first kappa shape index (κ1) is 17.2. The average molecular weight is 331 g/mol. The summed E-state index contributed by atoms with van der Waals surface area (Å²) in [6.07, 6.45) is 2.75. The molecule has 2 fully saturated rings. The van der Waals surface area contributed by atoms with E-state index in [4.69, 9.17) is 0 Å². The van der Waals surface area contributed by atoms with Crippen LogP contribution in [0.4, 0.5) is 8.78 Å². The molecular formula is C16H21ClF2N2O. The third kappa shape index (κ3) is 3.96. The molecular weight excluding hydrogens is 310 g/mol. The molecule has 1 saturated heterocycles. The first-order valence-corrected chi connectivity index (χ1v) is 7.58. The van der Waals surface area contributed by atoms with Crippen LogP contribution in [0.2, 0.25) is 0 Å². The van der Waals surface area contributed by atoms with E-state index in [-0.39, 0.29) is 30.2 Å². The second-order valence-corrected chi connectivity index (χ2v) is 6.05. The van der Waals surface area contributed by atoms with E-state index in [9.17, 15) is 13.6 Å². The Morgan fingerprint density at radius 1 is 1.36 bits per heavy atom. The van der Waals surface area contributed by atoms with Gasteiger partial charge in [0.1, 0.15) is 11.6 Å². The van der Waals surface area contributed by atoms with E-state index in [0.717, 1.165) is 38.1 Å². The van der Waals surface area contributed by atoms with Gasteiger partial charge < -0.3 is 10.6 Å². The lowest BCUT2D eigenvalue weighted by Gasteiger charge is -2.09. The van der Waals surface area contributed by atoms with Crippen LogP contribution >= 0.6 is 12.4 Å². The molecule has 1 aliphatic carbocycles. The first-order chi connectivity index (χ1) is 10.1. The van der Waals surface area contributed by atoms with Crippen LogP contribution in [0.25, 0.3) is 0 Å². The minimum absolute atomic E-state index is 0. The zero-order valence-corrected chi connectivity index (χ0v) is 13.1. The van der Waals surface area contributed by atoms with Gasteiger partial charge in [0.2, 0.25) is 5.91 Å². The summed E-state index contributed by atoms with van der Waals surface area (Å²) in [5, 5.41) is 6.22. The molecule has 1 aliphatic heterocycles. The second kappa shape index (κ2) is 7.38. The molecule has 0 aromatic heterocycles. The number of rotatable bonds is 5. The molecule has 22 heavy (non-hydrogen) atoms. The van der Waals surface area contributed by atoms with Gasteiger partial charge in [-0.2, -0.15) is 0 Å². The van der Waals surface area contributed by atoms with E-state index in [1.54, 1.807) is 0 Å². The van der Waals surface area contributed by atoms with Crippen molar-refractivity contribution in [3.05, 3.63) is 35.4 Å².